The quantitative estimate of drug-likeness (QED) is 0.133. The summed E-state index contributed by atoms with van der Waals surface area (Å²) in [4.78, 5) is 21.4. The summed E-state index contributed by atoms with van der Waals surface area (Å²) in [5, 5.41) is 0. The Hall–Kier alpha value is -3.21. The number of carbonyl (C=O) groups excluding carboxylic acids is 1. The molecule has 1 heterocycles. The first kappa shape index (κ1) is 29.3. The second-order valence-electron chi connectivity index (χ2n) is 10.0. The van der Waals surface area contributed by atoms with Crippen LogP contribution in [0.2, 0.25) is 0 Å². The van der Waals surface area contributed by atoms with Crippen molar-refractivity contribution in [2.24, 2.45) is 0 Å². The highest BCUT2D eigenvalue weighted by atomic mass is 16.6. The zero-order valence-electron chi connectivity index (χ0n) is 23.5. The van der Waals surface area contributed by atoms with Crippen molar-refractivity contribution < 1.29 is 14.3 Å². The highest BCUT2D eigenvalue weighted by molar-refractivity contribution is 5.74. The molecule has 204 valence electrons. The van der Waals surface area contributed by atoms with E-state index >= 15 is 0 Å². The molecule has 0 fully saturated rings. The average Bonchev–Trinajstić information content (AvgIpc) is 2.95. The van der Waals surface area contributed by atoms with Crippen LogP contribution in [0.15, 0.2) is 60.9 Å². The summed E-state index contributed by atoms with van der Waals surface area (Å²) in [7, 11) is 0. The molecular weight excluding hydrogens is 472 g/mol. The lowest BCUT2D eigenvalue weighted by Gasteiger charge is -2.14. The van der Waals surface area contributed by atoms with Gasteiger partial charge in [-0.25, -0.2) is 14.8 Å². The van der Waals surface area contributed by atoms with Gasteiger partial charge in [0.05, 0.1) is 6.61 Å². The largest absolute Gasteiger partial charge is 0.479 e. The van der Waals surface area contributed by atoms with Crippen molar-refractivity contribution in [1.29, 1.82) is 0 Å². The monoisotopic (exact) mass is 516 g/mol. The van der Waals surface area contributed by atoms with E-state index in [9.17, 15) is 4.79 Å². The number of nitrogens with zero attached hydrogens (tertiary/aromatic N) is 2. The zero-order valence-corrected chi connectivity index (χ0v) is 23.5. The molecule has 0 spiro atoms. The van der Waals surface area contributed by atoms with Gasteiger partial charge in [-0.15, -0.1) is 0 Å². The van der Waals surface area contributed by atoms with Gasteiger partial charge in [-0.3, -0.25) is 0 Å². The van der Waals surface area contributed by atoms with Crippen LogP contribution >= 0.6 is 0 Å². The molecule has 0 aliphatic heterocycles. The molecule has 0 aliphatic rings. The third-order valence-electron chi connectivity index (χ3n) is 6.76. The Morgan fingerprint density at radius 2 is 1.29 bits per heavy atom. The lowest BCUT2D eigenvalue weighted by atomic mass is 10.0. The summed E-state index contributed by atoms with van der Waals surface area (Å²) >= 11 is 0. The minimum Gasteiger partial charge on any atom is -0.479 e. The highest BCUT2D eigenvalue weighted by Gasteiger charge is 2.16. The van der Waals surface area contributed by atoms with Crippen LogP contribution in [0.1, 0.15) is 90.5 Å². The molecule has 0 saturated heterocycles. The van der Waals surface area contributed by atoms with E-state index in [0.29, 0.717) is 12.4 Å². The van der Waals surface area contributed by atoms with Crippen LogP contribution in [-0.4, -0.2) is 28.6 Å². The Kier molecular flexibility index (Phi) is 12.8. The number of benzene rings is 2. The Bertz CT molecular complexity index is 1060. The van der Waals surface area contributed by atoms with Gasteiger partial charge in [-0.2, -0.15) is 0 Å². The molecule has 0 bridgehead atoms. The third-order valence-corrected chi connectivity index (χ3v) is 6.76. The fourth-order valence-electron chi connectivity index (χ4n) is 4.35. The van der Waals surface area contributed by atoms with Gasteiger partial charge in [0.1, 0.15) is 5.75 Å². The fraction of sp³-hybridized carbons (Fsp3) is 0.485. The maximum atomic E-state index is 12.2. The van der Waals surface area contributed by atoms with Gasteiger partial charge in [0.25, 0.3) is 0 Å². The Morgan fingerprint density at radius 1 is 0.711 bits per heavy atom. The van der Waals surface area contributed by atoms with Crippen molar-refractivity contribution in [3.63, 3.8) is 0 Å². The van der Waals surface area contributed by atoms with Crippen molar-refractivity contribution in [3.8, 4) is 28.3 Å². The van der Waals surface area contributed by atoms with Gasteiger partial charge < -0.3 is 9.47 Å². The smallest absolute Gasteiger partial charge is 0.347 e. The molecule has 5 nitrogen and oxygen atoms in total. The number of ether oxygens (including phenoxy) is 2. The molecule has 0 amide bonds. The summed E-state index contributed by atoms with van der Waals surface area (Å²) in [6.45, 7) is 6.58. The highest BCUT2D eigenvalue weighted by Crippen LogP contribution is 2.24. The van der Waals surface area contributed by atoms with Gasteiger partial charge in [-0.1, -0.05) is 102 Å². The van der Waals surface area contributed by atoms with E-state index in [-0.39, 0.29) is 5.97 Å². The second-order valence-corrected chi connectivity index (χ2v) is 10.0. The lowest BCUT2D eigenvalue weighted by molar-refractivity contribution is -0.151. The van der Waals surface area contributed by atoms with Gasteiger partial charge in [0, 0.05) is 23.5 Å². The maximum Gasteiger partial charge on any atom is 0.347 e. The van der Waals surface area contributed by atoms with E-state index in [2.05, 4.69) is 48.1 Å². The molecule has 1 atom stereocenters. The minimum atomic E-state index is -0.646. The predicted molar refractivity (Wildman–Crippen MR) is 155 cm³/mol. The van der Waals surface area contributed by atoms with E-state index in [0.717, 1.165) is 54.6 Å². The summed E-state index contributed by atoms with van der Waals surface area (Å²) in [6, 6.07) is 16.2. The number of aryl methyl sites for hydroxylation is 1. The molecule has 0 N–H and O–H groups in total. The lowest BCUT2D eigenvalue weighted by Crippen LogP contribution is -2.26. The molecule has 0 saturated carbocycles. The fourth-order valence-corrected chi connectivity index (χ4v) is 4.35. The predicted octanol–water partition coefficient (Wildman–Crippen LogP) is 8.60. The molecular formula is C33H44N2O3. The topological polar surface area (TPSA) is 61.3 Å². The van der Waals surface area contributed by atoms with Crippen molar-refractivity contribution in [1.82, 2.24) is 9.97 Å². The van der Waals surface area contributed by atoms with E-state index in [1.807, 2.05) is 36.7 Å². The molecule has 38 heavy (non-hydrogen) atoms. The van der Waals surface area contributed by atoms with E-state index < -0.39 is 6.10 Å². The first-order valence-electron chi connectivity index (χ1n) is 14.5. The molecule has 2 aromatic carbocycles. The Balaban J connectivity index is 1.47. The van der Waals surface area contributed by atoms with Crippen LogP contribution in [0.25, 0.3) is 22.5 Å². The van der Waals surface area contributed by atoms with Crippen molar-refractivity contribution >= 4 is 5.97 Å². The number of unbranched alkanes of at least 4 members (excludes halogenated alkanes) is 8. The Labute approximate surface area is 229 Å². The molecule has 0 radical (unpaired) electrons. The Morgan fingerprint density at radius 3 is 1.95 bits per heavy atom. The first-order valence-corrected chi connectivity index (χ1v) is 14.5. The SMILES string of the molecule is CCCCCCCCc1ccc(-c2ncc(-c3ccc(OC(C)C(=O)OCCCCCC)cc3)cn2)cc1. The molecule has 1 aromatic heterocycles. The molecule has 5 heteroatoms. The summed E-state index contributed by atoms with van der Waals surface area (Å²) in [5.41, 5.74) is 4.32. The normalized spacial score (nSPS) is 11.8. The summed E-state index contributed by atoms with van der Waals surface area (Å²) < 4.78 is 11.1. The number of carbonyl (C=O) groups is 1. The minimum absolute atomic E-state index is 0.329. The van der Waals surface area contributed by atoms with Crippen LogP contribution in [0.4, 0.5) is 0 Å². The number of rotatable bonds is 17. The molecule has 3 aromatic rings. The van der Waals surface area contributed by atoms with Crippen molar-refractivity contribution in [2.75, 3.05) is 6.61 Å². The van der Waals surface area contributed by atoms with Crippen LogP contribution in [0, 0.1) is 0 Å². The standard InChI is InChI=1S/C33H44N2O3/c1-4-6-8-10-11-12-14-27-15-17-29(18-16-27)32-34-24-30(25-35-32)28-19-21-31(22-20-28)38-26(3)33(36)37-23-13-9-7-5-2/h15-22,24-26H,4-14,23H2,1-3H3. The first-order chi connectivity index (χ1) is 18.6. The van der Waals surface area contributed by atoms with Crippen LogP contribution in [0.5, 0.6) is 5.75 Å². The van der Waals surface area contributed by atoms with Gasteiger partial charge in [0.2, 0.25) is 0 Å². The molecule has 3 rings (SSSR count). The third kappa shape index (κ3) is 9.92. The van der Waals surface area contributed by atoms with Crippen LogP contribution in [-0.2, 0) is 16.0 Å². The van der Waals surface area contributed by atoms with E-state index in [1.54, 1.807) is 6.92 Å². The number of esters is 1. The maximum absolute atomic E-state index is 12.2. The number of hydrogen-bond acceptors (Lipinski definition) is 5. The number of aromatic nitrogens is 2. The molecule has 0 aliphatic carbocycles. The second kappa shape index (κ2) is 16.6. The van der Waals surface area contributed by atoms with Crippen LogP contribution in [0.3, 0.4) is 0 Å². The van der Waals surface area contributed by atoms with Gasteiger partial charge >= 0.3 is 5.97 Å². The molecule has 1 unspecified atom stereocenters. The van der Waals surface area contributed by atoms with Gasteiger partial charge in [0.15, 0.2) is 11.9 Å². The average molecular weight is 517 g/mol. The number of hydrogen-bond donors (Lipinski definition) is 0. The van der Waals surface area contributed by atoms with E-state index in [1.165, 1.54) is 44.1 Å². The van der Waals surface area contributed by atoms with Crippen LogP contribution < -0.4 is 4.74 Å². The van der Waals surface area contributed by atoms with Crippen molar-refractivity contribution in [3.05, 3.63) is 66.5 Å². The summed E-state index contributed by atoms with van der Waals surface area (Å²) in [6.07, 6.45) is 16.4. The van der Waals surface area contributed by atoms with Crippen molar-refractivity contribution in [2.45, 2.75) is 97.5 Å². The summed E-state index contributed by atoms with van der Waals surface area (Å²) in [5.74, 6) is 1.02. The van der Waals surface area contributed by atoms with E-state index in [4.69, 9.17) is 9.47 Å². The van der Waals surface area contributed by atoms with Gasteiger partial charge in [-0.05, 0) is 49.4 Å². The zero-order chi connectivity index (χ0) is 27.0.